The maximum atomic E-state index is 12.3. The first-order chi connectivity index (χ1) is 10.8. The second-order valence-corrected chi connectivity index (χ2v) is 8.33. The van der Waals surface area contributed by atoms with Gasteiger partial charge in [0.25, 0.3) is 0 Å². The van der Waals surface area contributed by atoms with Gasteiger partial charge in [0.05, 0.1) is 11.4 Å². The van der Waals surface area contributed by atoms with E-state index in [2.05, 4.69) is 10.6 Å². The van der Waals surface area contributed by atoms with E-state index < -0.39 is 9.84 Å². The molecule has 2 N–H and O–H groups in total. The third-order valence-electron chi connectivity index (χ3n) is 3.62. The second-order valence-electron chi connectivity index (χ2n) is 5.63. The Morgan fingerprint density at radius 3 is 2.67 bits per heavy atom. The van der Waals surface area contributed by atoms with E-state index in [4.69, 9.17) is 16.3 Å². The number of sulfone groups is 1. The van der Waals surface area contributed by atoms with Gasteiger partial charge < -0.3 is 15.4 Å². The Bertz CT molecular complexity index is 661. The maximum absolute atomic E-state index is 12.3. The van der Waals surface area contributed by atoms with Crippen LogP contribution in [-0.4, -0.2) is 46.0 Å². The first kappa shape index (κ1) is 21.0. The zero-order valence-corrected chi connectivity index (χ0v) is 15.8. The summed E-state index contributed by atoms with van der Waals surface area (Å²) >= 11 is 5.98. The predicted molar refractivity (Wildman–Crippen MR) is 98.1 cm³/mol. The first-order valence-electron chi connectivity index (χ1n) is 7.47. The smallest absolute Gasteiger partial charge is 0.227 e. The third-order valence-corrected chi connectivity index (χ3v) is 4.76. The van der Waals surface area contributed by atoms with Gasteiger partial charge in [-0.15, -0.1) is 12.4 Å². The van der Waals surface area contributed by atoms with Crippen molar-refractivity contribution >= 4 is 45.4 Å². The Kier molecular flexibility index (Phi) is 8.29. The van der Waals surface area contributed by atoms with Crippen LogP contribution in [0, 0.1) is 5.92 Å². The topological polar surface area (TPSA) is 84.5 Å². The van der Waals surface area contributed by atoms with Gasteiger partial charge in [0.15, 0.2) is 9.84 Å². The molecular formula is C15H22Cl2N2O4S. The number of hydrogen-bond donors (Lipinski definition) is 2. The van der Waals surface area contributed by atoms with Crippen LogP contribution in [0.1, 0.15) is 12.8 Å². The van der Waals surface area contributed by atoms with Gasteiger partial charge in [-0.1, -0.05) is 11.6 Å². The van der Waals surface area contributed by atoms with E-state index in [1.54, 1.807) is 18.2 Å². The minimum Gasteiger partial charge on any atom is -0.490 e. The molecule has 0 bridgehead atoms. The van der Waals surface area contributed by atoms with Crippen LogP contribution < -0.4 is 15.4 Å². The van der Waals surface area contributed by atoms with Gasteiger partial charge in [0.2, 0.25) is 5.91 Å². The van der Waals surface area contributed by atoms with Crippen molar-refractivity contribution in [2.24, 2.45) is 5.92 Å². The first-order valence-corrected chi connectivity index (χ1v) is 9.90. The largest absolute Gasteiger partial charge is 0.490 e. The molecule has 2 rings (SSSR count). The van der Waals surface area contributed by atoms with Gasteiger partial charge >= 0.3 is 0 Å². The number of carbonyl (C=O) groups is 1. The van der Waals surface area contributed by atoms with Crippen molar-refractivity contribution < 1.29 is 17.9 Å². The van der Waals surface area contributed by atoms with Crippen LogP contribution in [0.25, 0.3) is 0 Å². The molecule has 0 atom stereocenters. The lowest BCUT2D eigenvalue weighted by molar-refractivity contribution is -0.120. The van der Waals surface area contributed by atoms with Gasteiger partial charge in [0.1, 0.15) is 12.4 Å². The van der Waals surface area contributed by atoms with Crippen LogP contribution in [0.3, 0.4) is 0 Å². The highest BCUT2D eigenvalue weighted by molar-refractivity contribution is 7.90. The van der Waals surface area contributed by atoms with E-state index in [1.165, 1.54) is 0 Å². The highest BCUT2D eigenvalue weighted by atomic mass is 35.5. The van der Waals surface area contributed by atoms with Crippen molar-refractivity contribution in [3.63, 3.8) is 0 Å². The van der Waals surface area contributed by atoms with Crippen LogP contribution in [0.15, 0.2) is 18.2 Å². The molecule has 1 aromatic carbocycles. The molecule has 0 spiro atoms. The molecule has 24 heavy (non-hydrogen) atoms. The summed E-state index contributed by atoms with van der Waals surface area (Å²) in [6.45, 7) is 1.67. The molecule has 1 aromatic rings. The summed E-state index contributed by atoms with van der Waals surface area (Å²) in [5, 5.41) is 6.53. The number of rotatable bonds is 6. The number of carbonyl (C=O) groups excluding carboxylic acids is 1. The van der Waals surface area contributed by atoms with Crippen LogP contribution in [0.5, 0.6) is 5.75 Å². The summed E-state index contributed by atoms with van der Waals surface area (Å²) in [6, 6.07) is 4.87. The van der Waals surface area contributed by atoms with Crippen molar-refractivity contribution in [1.29, 1.82) is 0 Å². The molecule has 6 nitrogen and oxygen atoms in total. The van der Waals surface area contributed by atoms with E-state index in [0.29, 0.717) is 16.5 Å². The Morgan fingerprint density at radius 2 is 2.04 bits per heavy atom. The van der Waals surface area contributed by atoms with Crippen molar-refractivity contribution in [3.05, 3.63) is 23.2 Å². The lowest BCUT2D eigenvalue weighted by Gasteiger charge is -2.22. The molecule has 1 saturated heterocycles. The predicted octanol–water partition coefficient (Wildman–Crippen LogP) is 2.12. The van der Waals surface area contributed by atoms with Gasteiger partial charge in [-0.05, 0) is 44.1 Å². The fourth-order valence-corrected chi connectivity index (χ4v) is 2.91. The molecule has 0 aliphatic carbocycles. The van der Waals surface area contributed by atoms with Crippen molar-refractivity contribution in [1.82, 2.24) is 5.32 Å². The molecule has 1 aliphatic rings. The molecule has 136 valence electrons. The van der Waals surface area contributed by atoms with E-state index in [9.17, 15) is 13.2 Å². The molecule has 9 heteroatoms. The zero-order chi connectivity index (χ0) is 16.9. The number of benzene rings is 1. The Balaban J connectivity index is 0.00000288. The summed E-state index contributed by atoms with van der Waals surface area (Å²) in [5.74, 6) is 0.221. The fraction of sp³-hybridized carbons (Fsp3) is 0.533. The summed E-state index contributed by atoms with van der Waals surface area (Å²) in [4.78, 5) is 12.3. The van der Waals surface area contributed by atoms with E-state index in [0.717, 1.165) is 32.2 Å². The Hall–Kier alpha value is -1.02. The number of halogens is 2. The highest BCUT2D eigenvalue weighted by Gasteiger charge is 2.22. The van der Waals surface area contributed by atoms with E-state index in [-0.39, 0.29) is 36.6 Å². The monoisotopic (exact) mass is 396 g/mol. The number of ether oxygens (including phenoxy) is 1. The highest BCUT2D eigenvalue weighted by Crippen LogP contribution is 2.29. The summed E-state index contributed by atoms with van der Waals surface area (Å²) in [6.07, 6.45) is 2.73. The van der Waals surface area contributed by atoms with Gasteiger partial charge in [-0.3, -0.25) is 4.79 Å². The second kappa shape index (κ2) is 9.46. The molecule has 1 fully saturated rings. The van der Waals surface area contributed by atoms with E-state index in [1.807, 2.05) is 0 Å². The molecule has 0 saturated carbocycles. The average molecular weight is 397 g/mol. The van der Waals surface area contributed by atoms with Crippen LogP contribution in [0.4, 0.5) is 5.69 Å². The summed E-state index contributed by atoms with van der Waals surface area (Å²) < 4.78 is 27.8. The molecule has 1 aliphatic heterocycles. The maximum Gasteiger partial charge on any atom is 0.227 e. The number of anilines is 1. The Labute approximate surface area is 153 Å². The molecule has 0 aromatic heterocycles. The van der Waals surface area contributed by atoms with Gasteiger partial charge in [-0.2, -0.15) is 0 Å². The minimum absolute atomic E-state index is 0. The lowest BCUT2D eigenvalue weighted by Crippen LogP contribution is -2.34. The molecule has 1 heterocycles. The minimum atomic E-state index is -3.10. The van der Waals surface area contributed by atoms with Gasteiger partial charge in [0, 0.05) is 17.2 Å². The number of nitrogens with one attached hydrogen (secondary N) is 2. The number of hydrogen-bond acceptors (Lipinski definition) is 5. The van der Waals surface area contributed by atoms with E-state index >= 15 is 0 Å². The van der Waals surface area contributed by atoms with Crippen LogP contribution in [0.2, 0.25) is 5.02 Å². The lowest BCUT2D eigenvalue weighted by atomic mass is 9.97. The molecule has 1 amide bonds. The SMILES string of the molecule is CS(=O)(=O)CCOc1ccc(Cl)cc1NC(=O)C1CCNCC1.Cl. The third kappa shape index (κ3) is 6.84. The average Bonchev–Trinajstić information content (AvgIpc) is 2.49. The molecule has 0 unspecified atom stereocenters. The van der Waals surface area contributed by atoms with Crippen LogP contribution >= 0.6 is 24.0 Å². The summed E-state index contributed by atoms with van der Waals surface area (Å²) in [7, 11) is -3.10. The molecule has 0 radical (unpaired) electrons. The number of piperidine rings is 1. The van der Waals surface area contributed by atoms with Crippen molar-refractivity contribution in [3.8, 4) is 5.75 Å². The molecular weight excluding hydrogens is 375 g/mol. The fourth-order valence-electron chi connectivity index (χ4n) is 2.35. The van der Waals surface area contributed by atoms with Crippen molar-refractivity contribution in [2.45, 2.75) is 12.8 Å². The number of amides is 1. The summed E-state index contributed by atoms with van der Waals surface area (Å²) in [5.41, 5.74) is 0.467. The normalized spacial score (nSPS) is 15.4. The van der Waals surface area contributed by atoms with Crippen molar-refractivity contribution in [2.75, 3.05) is 37.0 Å². The Morgan fingerprint density at radius 1 is 1.38 bits per heavy atom. The zero-order valence-electron chi connectivity index (χ0n) is 13.4. The van der Waals surface area contributed by atoms with Gasteiger partial charge in [-0.25, -0.2) is 8.42 Å². The van der Waals surface area contributed by atoms with Crippen LogP contribution in [-0.2, 0) is 14.6 Å². The quantitative estimate of drug-likeness (QED) is 0.768. The standard InChI is InChI=1S/C15H21ClN2O4S.ClH/c1-23(20,21)9-8-22-14-3-2-12(16)10-13(14)18-15(19)11-4-6-17-7-5-11;/h2-3,10-11,17H,4-9H2,1H3,(H,18,19);1H.